The second kappa shape index (κ2) is 4.15. The maximum Gasteiger partial charge on any atom is 0.0342 e. The van der Waals surface area contributed by atoms with Crippen LogP contribution in [0, 0.1) is 12.8 Å². The van der Waals surface area contributed by atoms with Crippen LogP contribution in [0.1, 0.15) is 19.4 Å². The fraction of sp³-hybridized carbons (Fsp3) is 0.455. The number of hydrogen-bond donors (Lipinski definition) is 1. The van der Waals surface area contributed by atoms with Crippen LogP contribution in [0.15, 0.2) is 24.3 Å². The Morgan fingerprint density at radius 2 is 2.08 bits per heavy atom. The highest BCUT2D eigenvalue weighted by atomic mass is 14.9. The summed E-state index contributed by atoms with van der Waals surface area (Å²) in [4.78, 5) is 0. The zero-order valence-corrected chi connectivity index (χ0v) is 8.09. The van der Waals surface area contributed by atoms with E-state index in [2.05, 4.69) is 50.4 Å². The summed E-state index contributed by atoms with van der Waals surface area (Å²) in [5, 5.41) is 3.38. The van der Waals surface area contributed by atoms with Crippen LogP contribution in [0.25, 0.3) is 0 Å². The third kappa shape index (κ3) is 2.95. The molecule has 1 aromatic carbocycles. The van der Waals surface area contributed by atoms with Crippen LogP contribution in [-0.4, -0.2) is 6.54 Å². The number of nitrogens with one attached hydrogen (secondary N) is 1. The van der Waals surface area contributed by atoms with Crippen molar-refractivity contribution in [2.24, 2.45) is 5.92 Å². The average Bonchev–Trinajstić information content (AvgIpc) is 2.01. The molecule has 0 aliphatic rings. The normalized spacial score (nSPS) is 10.3. The molecule has 0 aliphatic heterocycles. The molecule has 0 fully saturated rings. The zero-order chi connectivity index (χ0) is 8.97. The molecule has 1 nitrogen and oxygen atoms in total. The van der Waals surface area contributed by atoms with E-state index in [1.807, 2.05) is 0 Å². The topological polar surface area (TPSA) is 12.0 Å². The van der Waals surface area contributed by atoms with Crippen molar-refractivity contribution in [3.05, 3.63) is 29.8 Å². The minimum atomic E-state index is 0.700. The molecule has 66 valence electrons. The first kappa shape index (κ1) is 9.11. The van der Waals surface area contributed by atoms with E-state index in [9.17, 15) is 0 Å². The molecule has 0 radical (unpaired) electrons. The van der Waals surface area contributed by atoms with Gasteiger partial charge in [-0.05, 0) is 30.5 Å². The van der Waals surface area contributed by atoms with E-state index in [1.54, 1.807) is 0 Å². The average molecular weight is 163 g/mol. The lowest BCUT2D eigenvalue weighted by Gasteiger charge is -2.08. The maximum atomic E-state index is 3.38. The molecule has 0 amide bonds. The Balaban J connectivity index is 2.52. The SMILES string of the molecule is Cc1cccc(NCC(C)C)c1. The summed E-state index contributed by atoms with van der Waals surface area (Å²) in [5.41, 5.74) is 2.53. The van der Waals surface area contributed by atoms with Gasteiger partial charge in [0.05, 0.1) is 0 Å². The Morgan fingerprint density at radius 3 is 2.67 bits per heavy atom. The standard InChI is InChI=1S/C11H17N/c1-9(2)8-12-11-6-4-5-10(3)7-11/h4-7,9,12H,8H2,1-3H3. The van der Waals surface area contributed by atoms with E-state index in [4.69, 9.17) is 0 Å². The van der Waals surface area contributed by atoms with Gasteiger partial charge in [-0.3, -0.25) is 0 Å². The molecule has 0 saturated heterocycles. The Labute approximate surface area is 74.8 Å². The molecular weight excluding hydrogens is 146 g/mol. The van der Waals surface area contributed by atoms with Gasteiger partial charge in [0.1, 0.15) is 0 Å². The number of anilines is 1. The highest BCUT2D eigenvalue weighted by Crippen LogP contribution is 2.09. The van der Waals surface area contributed by atoms with E-state index in [0.29, 0.717) is 5.92 Å². The first-order chi connectivity index (χ1) is 5.68. The molecule has 0 bridgehead atoms. The van der Waals surface area contributed by atoms with E-state index in [1.165, 1.54) is 11.3 Å². The van der Waals surface area contributed by atoms with Gasteiger partial charge in [0, 0.05) is 12.2 Å². The fourth-order valence-corrected chi connectivity index (χ4v) is 1.08. The third-order valence-electron chi connectivity index (χ3n) is 1.73. The first-order valence-electron chi connectivity index (χ1n) is 4.49. The molecule has 1 aromatic rings. The van der Waals surface area contributed by atoms with Gasteiger partial charge < -0.3 is 5.32 Å². The fourth-order valence-electron chi connectivity index (χ4n) is 1.08. The molecule has 1 rings (SSSR count). The van der Waals surface area contributed by atoms with Gasteiger partial charge in [-0.25, -0.2) is 0 Å². The van der Waals surface area contributed by atoms with E-state index < -0.39 is 0 Å². The van der Waals surface area contributed by atoms with Crippen LogP contribution < -0.4 is 5.32 Å². The predicted molar refractivity (Wildman–Crippen MR) is 54.5 cm³/mol. The van der Waals surface area contributed by atoms with Gasteiger partial charge in [0.15, 0.2) is 0 Å². The maximum absolute atomic E-state index is 3.38. The molecule has 0 aliphatic carbocycles. The second-order valence-electron chi connectivity index (χ2n) is 3.64. The third-order valence-corrected chi connectivity index (χ3v) is 1.73. The summed E-state index contributed by atoms with van der Waals surface area (Å²) >= 11 is 0. The smallest absolute Gasteiger partial charge is 0.0342 e. The number of benzene rings is 1. The van der Waals surface area contributed by atoms with Crippen molar-refractivity contribution in [2.75, 3.05) is 11.9 Å². The summed E-state index contributed by atoms with van der Waals surface area (Å²) in [7, 11) is 0. The van der Waals surface area contributed by atoms with E-state index in [-0.39, 0.29) is 0 Å². The molecule has 0 atom stereocenters. The number of aryl methyl sites for hydroxylation is 1. The lowest BCUT2D eigenvalue weighted by Crippen LogP contribution is -2.07. The highest BCUT2D eigenvalue weighted by molar-refractivity contribution is 5.45. The monoisotopic (exact) mass is 163 g/mol. The summed E-state index contributed by atoms with van der Waals surface area (Å²) in [5.74, 6) is 0.700. The van der Waals surface area contributed by atoms with Crippen molar-refractivity contribution in [3.8, 4) is 0 Å². The molecule has 0 aromatic heterocycles. The quantitative estimate of drug-likeness (QED) is 0.722. The molecule has 0 heterocycles. The van der Waals surface area contributed by atoms with Crippen molar-refractivity contribution in [3.63, 3.8) is 0 Å². The van der Waals surface area contributed by atoms with Gasteiger partial charge in [-0.2, -0.15) is 0 Å². The summed E-state index contributed by atoms with van der Waals surface area (Å²) in [6.45, 7) is 7.58. The lowest BCUT2D eigenvalue weighted by atomic mass is 10.2. The van der Waals surface area contributed by atoms with Gasteiger partial charge in [-0.15, -0.1) is 0 Å². The van der Waals surface area contributed by atoms with E-state index in [0.717, 1.165) is 6.54 Å². The van der Waals surface area contributed by atoms with Gasteiger partial charge >= 0.3 is 0 Å². The molecular formula is C11H17N. The highest BCUT2D eigenvalue weighted by Gasteiger charge is 1.93. The number of hydrogen-bond acceptors (Lipinski definition) is 1. The predicted octanol–water partition coefficient (Wildman–Crippen LogP) is 3.06. The molecule has 0 spiro atoms. The van der Waals surface area contributed by atoms with Crippen molar-refractivity contribution >= 4 is 5.69 Å². The minimum Gasteiger partial charge on any atom is -0.385 e. The second-order valence-corrected chi connectivity index (χ2v) is 3.64. The van der Waals surface area contributed by atoms with Crippen LogP contribution in [0.4, 0.5) is 5.69 Å². The summed E-state index contributed by atoms with van der Waals surface area (Å²) in [6, 6.07) is 8.47. The molecule has 1 heteroatoms. The Morgan fingerprint density at radius 1 is 1.33 bits per heavy atom. The van der Waals surface area contributed by atoms with Crippen molar-refractivity contribution in [1.82, 2.24) is 0 Å². The van der Waals surface area contributed by atoms with Gasteiger partial charge in [0.25, 0.3) is 0 Å². The van der Waals surface area contributed by atoms with Crippen LogP contribution in [0.5, 0.6) is 0 Å². The van der Waals surface area contributed by atoms with Crippen LogP contribution in [0.2, 0.25) is 0 Å². The first-order valence-corrected chi connectivity index (χ1v) is 4.49. The van der Waals surface area contributed by atoms with Crippen LogP contribution in [0.3, 0.4) is 0 Å². The summed E-state index contributed by atoms with van der Waals surface area (Å²) < 4.78 is 0. The van der Waals surface area contributed by atoms with Crippen LogP contribution >= 0.6 is 0 Å². The molecule has 0 saturated carbocycles. The molecule has 12 heavy (non-hydrogen) atoms. The van der Waals surface area contributed by atoms with Gasteiger partial charge in [0.2, 0.25) is 0 Å². The minimum absolute atomic E-state index is 0.700. The van der Waals surface area contributed by atoms with Crippen molar-refractivity contribution in [1.29, 1.82) is 0 Å². The molecule has 0 unspecified atom stereocenters. The largest absolute Gasteiger partial charge is 0.385 e. The van der Waals surface area contributed by atoms with Crippen molar-refractivity contribution < 1.29 is 0 Å². The van der Waals surface area contributed by atoms with Crippen molar-refractivity contribution in [2.45, 2.75) is 20.8 Å². The van der Waals surface area contributed by atoms with E-state index >= 15 is 0 Å². The Kier molecular flexibility index (Phi) is 3.15. The zero-order valence-electron chi connectivity index (χ0n) is 8.09. The Hall–Kier alpha value is -0.980. The summed E-state index contributed by atoms with van der Waals surface area (Å²) in [6.07, 6.45) is 0. The lowest BCUT2D eigenvalue weighted by molar-refractivity contribution is 0.689. The van der Waals surface area contributed by atoms with Gasteiger partial charge in [-0.1, -0.05) is 26.0 Å². The number of rotatable bonds is 3. The van der Waals surface area contributed by atoms with Crippen LogP contribution in [-0.2, 0) is 0 Å². The molecule has 1 N–H and O–H groups in total. The Bertz CT molecular complexity index is 241.